The summed E-state index contributed by atoms with van der Waals surface area (Å²) >= 11 is 0. The number of hydrogen-bond donors (Lipinski definition) is 1. The summed E-state index contributed by atoms with van der Waals surface area (Å²) in [5.74, 6) is 1.66. The SMILES string of the molecule is FC(F)(F)c1ccccc1-c1ccc(-c2ncc(-c3cccc(C4CCC4)c3)[nH]2)o1. The number of hydrogen-bond acceptors (Lipinski definition) is 2. The topological polar surface area (TPSA) is 41.8 Å². The van der Waals surface area contributed by atoms with Crippen molar-refractivity contribution in [3.8, 4) is 34.2 Å². The van der Waals surface area contributed by atoms with Crippen LogP contribution in [0.2, 0.25) is 0 Å². The summed E-state index contributed by atoms with van der Waals surface area (Å²) in [6.45, 7) is 0. The van der Waals surface area contributed by atoms with Crippen LogP contribution >= 0.6 is 0 Å². The fourth-order valence-corrected chi connectivity index (χ4v) is 3.85. The van der Waals surface area contributed by atoms with Crippen LogP contribution in [0, 0.1) is 0 Å². The van der Waals surface area contributed by atoms with Gasteiger partial charge in [0.1, 0.15) is 5.76 Å². The van der Waals surface area contributed by atoms with E-state index < -0.39 is 11.7 Å². The second-order valence-electron chi connectivity index (χ2n) is 7.61. The molecule has 0 aliphatic heterocycles. The Bertz CT molecular complexity index is 1180. The van der Waals surface area contributed by atoms with Crippen molar-refractivity contribution >= 4 is 0 Å². The van der Waals surface area contributed by atoms with E-state index in [1.54, 1.807) is 24.4 Å². The van der Waals surface area contributed by atoms with Gasteiger partial charge in [0.2, 0.25) is 0 Å². The lowest BCUT2D eigenvalue weighted by Crippen LogP contribution is -2.08. The van der Waals surface area contributed by atoms with Crippen LogP contribution in [-0.4, -0.2) is 9.97 Å². The summed E-state index contributed by atoms with van der Waals surface area (Å²) in [5, 5.41) is 0. The molecular weight excluding hydrogens is 389 g/mol. The van der Waals surface area contributed by atoms with E-state index in [0.717, 1.165) is 17.3 Å². The van der Waals surface area contributed by atoms with E-state index in [2.05, 4.69) is 22.1 Å². The standard InChI is InChI=1S/C24H19F3N2O/c25-24(26,27)19-10-2-1-9-18(19)21-11-12-22(30-21)23-28-14-20(29-23)17-8-4-7-16(13-17)15-5-3-6-15/h1-2,4,7-15H,3,5-6H2,(H,28,29). The van der Waals surface area contributed by atoms with Crippen molar-refractivity contribution in [3.63, 3.8) is 0 Å². The van der Waals surface area contributed by atoms with E-state index in [9.17, 15) is 13.2 Å². The molecule has 0 saturated heterocycles. The summed E-state index contributed by atoms with van der Waals surface area (Å²) in [7, 11) is 0. The lowest BCUT2D eigenvalue weighted by Gasteiger charge is -2.26. The van der Waals surface area contributed by atoms with E-state index in [1.165, 1.54) is 37.0 Å². The van der Waals surface area contributed by atoms with Crippen molar-refractivity contribution in [1.29, 1.82) is 0 Å². The molecular formula is C24H19F3N2O. The fraction of sp³-hybridized carbons (Fsp3) is 0.208. The lowest BCUT2D eigenvalue weighted by molar-refractivity contribution is -0.137. The molecule has 5 rings (SSSR count). The third-order valence-electron chi connectivity index (χ3n) is 5.69. The highest BCUT2D eigenvalue weighted by atomic mass is 19.4. The Morgan fingerprint density at radius 2 is 1.73 bits per heavy atom. The zero-order valence-corrected chi connectivity index (χ0v) is 16.0. The normalized spacial score (nSPS) is 14.6. The molecule has 2 aromatic heterocycles. The molecule has 1 fully saturated rings. The average Bonchev–Trinajstić information content (AvgIpc) is 3.36. The van der Waals surface area contributed by atoms with Gasteiger partial charge in [-0.25, -0.2) is 4.98 Å². The van der Waals surface area contributed by atoms with Crippen molar-refractivity contribution in [1.82, 2.24) is 9.97 Å². The number of benzene rings is 2. The van der Waals surface area contributed by atoms with Gasteiger partial charge in [-0.2, -0.15) is 13.2 Å². The molecule has 0 unspecified atom stereocenters. The van der Waals surface area contributed by atoms with Gasteiger partial charge in [0, 0.05) is 5.56 Å². The van der Waals surface area contributed by atoms with Gasteiger partial charge in [0.25, 0.3) is 0 Å². The summed E-state index contributed by atoms with van der Waals surface area (Å²) in [5.41, 5.74) is 2.50. The molecule has 152 valence electrons. The smallest absolute Gasteiger partial charge is 0.417 e. The van der Waals surface area contributed by atoms with Crippen LogP contribution in [-0.2, 0) is 6.18 Å². The number of rotatable bonds is 4. The van der Waals surface area contributed by atoms with Gasteiger partial charge in [0.05, 0.1) is 17.5 Å². The average molecular weight is 408 g/mol. The van der Waals surface area contributed by atoms with E-state index in [1.807, 2.05) is 12.1 Å². The molecule has 30 heavy (non-hydrogen) atoms. The number of halogens is 3. The first kappa shape index (κ1) is 18.7. The predicted octanol–water partition coefficient (Wildman–Crippen LogP) is 7.29. The Morgan fingerprint density at radius 3 is 2.50 bits per heavy atom. The molecule has 2 heterocycles. The number of furan rings is 1. The summed E-state index contributed by atoms with van der Waals surface area (Å²) in [4.78, 5) is 7.61. The molecule has 2 aromatic carbocycles. The molecule has 0 spiro atoms. The first-order valence-corrected chi connectivity index (χ1v) is 9.91. The zero-order chi connectivity index (χ0) is 20.7. The van der Waals surface area contributed by atoms with Gasteiger partial charge < -0.3 is 9.40 Å². The maximum Gasteiger partial charge on any atom is 0.417 e. The third kappa shape index (κ3) is 3.43. The van der Waals surface area contributed by atoms with E-state index >= 15 is 0 Å². The molecule has 1 N–H and O–H groups in total. The van der Waals surface area contributed by atoms with Crippen LogP contribution in [0.3, 0.4) is 0 Å². The lowest BCUT2D eigenvalue weighted by atomic mass is 9.79. The van der Waals surface area contributed by atoms with Crippen LogP contribution < -0.4 is 0 Å². The molecule has 0 radical (unpaired) electrons. The third-order valence-corrected chi connectivity index (χ3v) is 5.69. The zero-order valence-electron chi connectivity index (χ0n) is 16.0. The predicted molar refractivity (Wildman–Crippen MR) is 109 cm³/mol. The Balaban J connectivity index is 1.44. The van der Waals surface area contributed by atoms with Gasteiger partial charge in [0.15, 0.2) is 11.6 Å². The van der Waals surface area contributed by atoms with Gasteiger partial charge in [-0.1, -0.05) is 42.8 Å². The van der Waals surface area contributed by atoms with Crippen molar-refractivity contribution in [2.24, 2.45) is 0 Å². The largest absolute Gasteiger partial charge is 0.453 e. The van der Waals surface area contributed by atoms with E-state index in [0.29, 0.717) is 17.5 Å². The van der Waals surface area contributed by atoms with Crippen molar-refractivity contribution in [2.75, 3.05) is 0 Å². The number of alkyl halides is 3. The number of aromatic nitrogens is 2. The minimum absolute atomic E-state index is 0.0104. The van der Waals surface area contributed by atoms with Crippen LogP contribution in [0.5, 0.6) is 0 Å². The highest BCUT2D eigenvalue weighted by Gasteiger charge is 2.34. The maximum absolute atomic E-state index is 13.3. The number of nitrogens with zero attached hydrogens (tertiary/aromatic N) is 1. The highest BCUT2D eigenvalue weighted by molar-refractivity contribution is 5.67. The van der Waals surface area contributed by atoms with Crippen LogP contribution in [0.15, 0.2) is 71.3 Å². The molecule has 0 atom stereocenters. The van der Waals surface area contributed by atoms with Crippen molar-refractivity contribution in [2.45, 2.75) is 31.4 Å². The van der Waals surface area contributed by atoms with E-state index in [4.69, 9.17) is 4.42 Å². The van der Waals surface area contributed by atoms with E-state index in [-0.39, 0.29) is 11.3 Å². The number of H-pyrrole nitrogens is 1. The van der Waals surface area contributed by atoms with Crippen LogP contribution in [0.25, 0.3) is 34.2 Å². The quantitative estimate of drug-likeness (QED) is 0.385. The molecule has 1 aliphatic rings. The summed E-state index contributed by atoms with van der Waals surface area (Å²) in [6, 6.07) is 17.0. The first-order chi connectivity index (χ1) is 14.5. The van der Waals surface area contributed by atoms with Gasteiger partial charge in [-0.3, -0.25) is 0 Å². The highest BCUT2D eigenvalue weighted by Crippen LogP contribution is 2.39. The monoisotopic (exact) mass is 408 g/mol. The molecule has 4 aromatic rings. The summed E-state index contributed by atoms with van der Waals surface area (Å²) < 4.78 is 45.7. The summed E-state index contributed by atoms with van der Waals surface area (Å²) in [6.07, 6.45) is 1.01. The Morgan fingerprint density at radius 1 is 0.933 bits per heavy atom. The Kier molecular flexibility index (Phi) is 4.50. The Hall–Kier alpha value is -3.28. The number of nitrogens with one attached hydrogen (secondary N) is 1. The van der Waals surface area contributed by atoms with Gasteiger partial charge in [-0.05, 0) is 54.2 Å². The second kappa shape index (κ2) is 7.20. The second-order valence-corrected chi connectivity index (χ2v) is 7.61. The Labute approximate surface area is 171 Å². The number of imidazole rings is 1. The first-order valence-electron chi connectivity index (χ1n) is 9.91. The minimum atomic E-state index is -4.45. The maximum atomic E-state index is 13.3. The fourth-order valence-electron chi connectivity index (χ4n) is 3.85. The molecule has 1 saturated carbocycles. The van der Waals surface area contributed by atoms with Crippen LogP contribution in [0.1, 0.15) is 36.3 Å². The molecule has 1 aliphatic carbocycles. The van der Waals surface area contributed by atoms with Gasteiger partial charge >= 0.3 is 6.18 Å². The van der Waals surface area contributed by atoms with Crippen molar-refractivity contribution < 1.29 is 17.6 Å². The molecule has 0 amide bonds. The van der Waals surface area contributed by atoms with Crippen LogP contribution in [0.4, 0.5) is 13.2 Å². The van der Waals surface area contributed by atoms with Gasteiger partial charge in [-0.15, -0.1) is 0 Å². The molecule has 6 heteroatoms. The minimum Gasteiger partial charge on any atom is -0.453 e. The van der Waals surface area contributed by atoms with Crippen molar-refractivity contribution in [3.05, 3.63) is 78.0 Å². The molecule has 0 bridgehead atoms. The molecule has 3 nitrogen and oxygen atoms in total. The number of aromatic amines is 1.